The summed E-state index contributed by atoms with van der Waals surface area (Å²) in [6, 6.07) is 26.5. The Kier molecular flexibility index (Phi) is 14.9. The molecule has 3 aromatic carbocycles. The Morgan fingerprint density at radius 1 is 0.967 bits per heavy atom. The molecular weight excluding hydrogens is 804 g/mol. The van der Waals surface area contributed by atoms with E-state index in [1.807, 2.05) is 111 Å². The van der Waals surface area contributed by atoms with Crippen LogP contribution in [0.4, 0.5) is 10.3 Å². The normalized spacial score (nSPS) is 18.6. The summed E-state index contributed by atoms with van der Waals surface area (Å²) in [5.41, 5.74) is 0.306. The van der Waals surface area contributed by atoms with Crippen LogP contribution in [0, 0.1) is 17.2 Å². The third-order valence-electron chi connectivity index (χ3n) is 10.2. The molecule has 61 heavy (non-hydrogen) atoms. The number of ether oxygens (including phenoxy) is 4. The van der Waals surface area contributed by atoms with Crippen LogP contribution in [0.3, 0.4) is 0 Å². The molecule has 3 heterocycles. The van der Waals surface area contributed by atoms with Crippen molar-refractivity contribution in [3.05, 3.63) is 112 Å². The first kappa shape index (κ1) is 45.3. The van der Waals surface area contributed by atoms with Gasteiger partial charge >= 0.3 is 0 Å². The molecular formula is C44H53FN7O8P. The molecule has 0 bridgehead atoms. The van der Waals surface area contributed by atoms with Gasteiger partial charge in [-0.25, -0.2) is 14.0 Å². The highest BCUT2D eigenvalue weighted by molar-refractivity contribution is 7.44. The van der Waals surface area contributed by atoms with Crippen LogP contribution in [-0.2, 0) is 28.9 Å². The molecule has 15 nitrogen and oxygen atoms in total. The zero-order valence-electron chi connectivity index (χ0n) is 35.6. The van der Waals surface area contributed by atoms with E-state index in [9.17, 15) is 14.9 Å². The summed E-state index contributed by atoms with van der Waals surface area (Å²) in [6.07, 6.45) is -4.28. The van der Waals surface area contributed by atoms with E-state index in [-0.39, 0.29) is 54.7 Å². The number of aromatic amines is 1. The van der Waals surface area contributed by atoms with E-state index in [1.54, 1.807) is 28.1 Å². The minimum Gasteiger partial charge on any atom is -0.497 e. The number of nitriles is 1. The Morgan fingerprint density at radius 3 is 2.10 bits per heavy atom. The molecule has 5 aromatic rings. The van der Waals surface area contributed by atoms with Gasteiger partial charge in [-0.3, -0.25) is 24.5 Å². The minimum absolute atomic E-state index is 0.0320. The Hall–Kier alpha value is -5.27. The number of hydrogen-bond acceptors (Lipinski definition) is 12. The number of hydrogen-bond donors (Lipinski definition) is 2. The van der Waals surface area contributed by atoms with Crippen LogP contribution in [0.1, 0.15) is 70.9 Å². The number of benzene rings is 3. The highest BCUT2D eigenvalue weighted by Gasteiger charge is 2.51. The van der Waals surface area contributed by atoms with E-state index in [1.165, 1.54) is 10.9 Å². The van der Waals surface area contributed by atoms with Crippen LogP contribution in [0.25, 0.3) is 11.2 Å². The molecule has 0 aliphatic carbocycles. The highest BCUT2D eigenvalue weighted by atomic mass is 31.2. The number of halogens is 1. The number of carbonyl (C=O) groups is 1. The second-order valence-electron chi connectivity index (χ2n) is 15.3. The number of nitrogens with zero attached hydrogens (tertiary/aromatic N) is 5. The summed E-state index contributed by atoms with van der Waals surface area (Å²) < 4.78 is 58.7. The first-order valence-electron chi connectivity index (χ1n) is 20.1. The minimum atomic E-state index is -1.98. The second-order valence-corrected chi connectivity index (χ2v) is 16.7. The van der Waals surface area contributed by atoms with Crippen LogP contribution in [-0.4, -0.2) is 88.0 Å². The van der Waals surface area contributed by atoms with Crippen LogP contribution >= 0.6 is 8.53 Å². The predicted molar refractivity (Wildman–Crippen MR) is 229 cm³/mol. The molecule has 1 amide bonds. The summed E-state index contributed by atoms with van der Waals surface area (Å²) >= 11 is 0. The monoisotopic (exact) mass is 857 g/mol. The molecule has 1 aliphatic rings. The van der Waals surface area contributed by atoms with Crippen LogP contribution in [0.5, 0.6) is 11.5 Å². The first-order chi connectivity index (χ1) is 29.3. The number of amides is 1. The molecule has 6 rings (SSSR count). The van der Waals surface area contributed by atoms with Gasteiger partial charge in [0.2, 0.25) is 11.9 Å². The first-order valence-corrected chi connectivity index (χ1v) is 21.3. The van der Waals surface area contributed by atoms with Crippen LogP contribution < -0.4 is 20.3 Å². The Balaban J connectivity index is 1.46. The predicted octanol–water partition coefficient (Wildman–Crippen LogP) is 7.64. The number of anilines is 1. The summed E-state index contributed by atoms with van der Waals surface area (Å²) in [4.78, 5) is 37.4. The lowest BCUT2D eigenvalue weighted by molar-refractivity contribution is -0.118. The smallest absolute Gasteiger partial charge is 0.280 e. The van der Waals surface area contributed by atoms with Gasteiger partial charge in [0.15, 0.2) is 23.6 Å². The standard InChI is InChI=1S/C44H53FN7O8P/c1-27(2)40(53)49-43-48-39-37(41(54)50-43)47-26-51(39)42-38(60-61(58-24-12-23-46)52(28(3)4)29(5)6)36(45)35(59-42)25-57-44(30-13-10-9-11-14-30,31-15-19-33(55-7)20-16-31)32-17-21-34(56-8)22-18-32/h9-11,13-22,26-29,35-36,38,42H,12,24-25H2,1-8H3,(H2,48,49,50,53,54). The average Bonchev–Trinajstić information content (AvgIpc) is 3.81. The largest absolute Gasteiger partial charge is 0.497 e. The third kappa shape index (κ3) is 9.78. The van der Waals surface area contributed by atoms with Crippen molar-refractivity contribution in [2.24, 2.45) is 5.92 Å². The van der Waals surface area contributed by atoms with Gasteiger partial charge in [0, 0.05) is 18.0 Å². The van der Waals surface area contributed by atoms with Gasteiger partial charge in [0.05, 0.1) is 46.3 Å². The Morgan fingerprint density at radius 2 is 1.56 bits per heavy atom. The van der Waals surface area contributed by atoms with E-state index in [0.717, 1.165) is 16.7 Å². The van der Waals surface area contributed by atoms with Gasteiger partial charge in [-0.15, -0.1) is 0 Å². The van der Waals surface area contributed by atoms with E-state index in [4.69, 9.17) is 28.0 Å². The molecule has 5 unspecified atom stereocenters. The molecule has 0 saturated carbocycles. The maximum absolute atomic E-state index is 17.7. The number of imidazole rings is 1. The van der Waals surface area contributed by atoms with Crippen molar-refractivity contribution in [2.75, 3.05) is 32.8 Å². The highest BCUT2D eigenvalue weighted by Crippen LogP contribution is 2.52. The number of methoxy groups -OCH3 is 2. The summed E-state index contributed by atoms with van der Waals surface area (Å²) in [6.45, 7) is 11.1. The SMILES string of the molecule is COc1ccc(C(OCC2OC(n3cnc4c(=O)[nH]c(NC(=O)C(C)C)nc43)C(OP(OCCC#N)N(C(C)C)C(C)C)C2F)(c2ccccc2)c2ccc(OC)cc2)cc1. The molecule has 17 heteroatoms. The Bertz CT molecular complexity index is 2260. The van der Waals surface area contributed by atoms with Crippen molar-refractivity contribution in [2.45, 2.75) is 90.3 Å². The van der Waals surface area contributed by atoms with E-state index < -0.39 is 50.2 Å². The van der Waals surface area contributed by atoms with Gasteiger partial charge in [0.25, 0.3) is 14.1 Å². The van der Waals surface area contributed by atoms with Crippen LogP contribution in [0.2, 0.25) is 0 Å². The lowest BCUT2D eigenvalue weighted by Gasteiger charge is -2.38. The van der Waals surface area contributed by atoms with E-state index in [0.29, 0.717) is 11.5 Å². The van der Waals surface area contributed by atoms with Crippen molar-refractivity contribution in [3.63, 3.8) is 0 Å². The molecule has 1 saturated heterocycles. The van der Waals surface area contributed by atoms with Crippen molar-refractivity contribution < 1.29 is 37.2 Å². The third-order valence-corrected chi connectivity index (χ3v) is 12.4. The maximum atomic E-state index is 17.7. The number of rotatable bonds is 19. The fourth-order valence-corrected chi connectivity index (χ4v) is 9.01. The van der Waals surface area contributed by atoms with Gasteiger partial charge in [-0.1, -0.05) is 68.4 Å². The fraction of sp³-hybridized carbons (Fsp3) is 0.432. The van der Waals surface area contributed by atoms with Crippen molar-refractivity contribution in [1.29, 1.82) is 5.26 Å². The summed E-state index contributed by atoms with van der Waals surface area (Å²) in [5.74, 6) is 0.404. The number of H-pyrrole nitrogens is 1. The molecule has 2 N–H and O–H groups in total. The fourth-order valence-electron chi connectivity index (χ4n) is 7.28. The number of nitrogens with one attached hydrogen (secondary N) is 2. The van der Waals surface area contributed by atoms with Crippen molar-refractivity contribution in [1.82, 2.24) is 24.2 Å². The second kappa shape index (κ2) is 20.1. The molecule has 1 aliphatic heterocycles. The molecule has 1 fully saturated rings. The molecule has 324 valence electrons. The number of fused-ring (bicyclic) bond motifs is 1. The molecule has 5 atom stereocenters. The maximum Gasteiger partial charge on any atom is 0.280 e. The molecule has 0 spiro atoms. The number of alkyl halides is 1. The van der Waals surface area contributed by atoms with Gasteiger partial charge in [-0.2, -0.15) is 10.2 Å². The van der Waals surface area contributed by atoms with Gasteiger partial charge in [0.1, 0.15) is 29.3 Å². The average molecular weight is 858 g/mol. The zero-order chi connectivity index (χ0) is 43.8. The molecule has 2 aromatic heterocycles. The van der Waals surface area contributed by atoms with E-state index >= 15 is 4.39 Å². The van der Waals surface area contributed by atoms with Crippen LogP contribution in [0.15, 0.2) is 90.0 Å². The Labute approximate surface area is 356 Å². The number of carbonyl (C=O) groups excluding carboxylic acids is 1. The lowest BCUT2D eigenvalue weighted by atomic mass is 9.80. The van der Waals surface area contributed by atoms with Gasteiger partial charge in [-0.05, 0) is 68.7 Å². The van der Waals surface area contributed by atoms with Gasteiger partial charge < -0.3 is 28.0 Å². The van der Waals surface area contributed by atoms with Crippen molar-refractivity contribution in [3.8, 4) is 17.6 Å². The van der Waals surface area contributed by atoms with E-state index in [2.05, 4.69) is 26.3 Å². The molecule has 0 radical (unpaired) electrons. The quantitative estimate of drug-likeness (QED) is 0.0473. The topological polar surface area (TPSA) is 175 Å². The zero-order valence-corrected chi connectivity index (χ0v) is 36.5. The number of aromatic nitrogens is 4. The summed E-state index contributed by atoms with van der Waals surface area (Å²) in [7, 11) is 1.20. The lowest BCUT2D eigenvalue weighted by Crippen LogP contribution is -2.39. The summed E-state index contributed by atoms with van der Waals surface area (Å²) in [5, 5.41) is 12.0. The van der Waals surface area contributed by atoms with Crippen molar-refractivity contribution >= 4 is 31.5 Å².